The molecule has 3 nitrogen and oxygen atoms in total. The maximum absolute atomic E-state index is 9.20. The highest BCUT2D eigenvalue weighted by Crippen LogP contribution is 2.20. The molecular weight excluding hydrogens is 202 g/mol. The molecule has 90 valence electrons. The van der Waals surface area contributed by atoms with E-state index in [0.29, 0.717) is 6.61 Å². The average molecular weight is 223 g/mol. The second kappa shape index (κ2) is 6.51. The van der Waals surface area contributed by atoms with Crippen molar-refractivity contribution in [2.45, 2.75) is 20.0 Å². The third-order valence-electron chi connectivity index (χ3n) is 2.39. The lowest BCUT2D eigenvalue weighted by Crippen LogP contribution is -2.15. The molecule has 0 saturated carbocycles. The first kappa shape index (κ1) is 13.0. The standard InChI is InChI=1S/C13H21NO2/c1-11-5-6-13(12(9-11)10-15)16-8-4-7-14(2)3/h5-6,9,15H,4,7-8,10H2,1-3H3. The summed E-state index contributed by atoms with van der Waals surface area (Å²) in [7, 11) is 4.09. The summed E-state index contributed by atoms with van der Waals surface area (Å²) in [6.07, 6.45) is 0.992. The van der Waals surface area contributed by atoms with E-state index < -0.39 is 0 Å². The van der Waals surface area contributed by atoms with Gasteiger partial charge in [0.2, 0.25) is 0 Å². The van der Waals surface area contributed by atoms with Gasteiger partial charge in [-0.05, 0) is 33.5 Å². The molecule has 3 heteroatoms. The SMILES string of the molecule is Cc1ccc(OCCCN(C)C)c(CO)c1. The Hall–Kier alpha value is -1.06. The molecule has 0 aromatic heterocycles. The molecular formula is C13H21NO2. The molecule has 1 aromatic rings. The van der Waals surface area contributed by atoms with Crippen LogP contribution in [-0.4, -0.2) is 37.3 Å². The van der Waals surface area contributed by atoms with Crippen LogP contribution in [0.3, 0.4) is 0 Å². The van der Waals surface area contributed by atoms with Gasteiger partial charge in [0.1, 0.15) is 5.75 Å². The van der Waals surface area contributed by atoms with Crippen molar-refractivity contribution in [3.63, 3.8) is 0 Å². The number of hydrogen-bond acceptors (Lipinski definition) is 3. The Kier molecular flexibility index (Phi) is 5.29. The minimum atomic E-state index is 0.0324. The smallest absolute Gasteiger partial charge is 0.124 e. The topological polar surface area (TPSA) is 32.7 Å². The van der Waals surface area contributed by atoms with Crippen molar-refractivity contribution in [3.05, 3.63) is 29.3 Å². The number of aliphatic hydroxyl groups is 1. The molecule has 0 aliphatic rings. The quantitative estimate of drug-likeness (QED) is 0.747. The van der Waals surface area contributed by atoms with E-state index in [0.717, 1.165) is 29.8 Å². The van der Waals surface area contributed by atoms with Gasteiger partial charge < -0.3 is 14.7 Å². The fraction of sp³-hybridized carbons (Fsp3) is 0.538. The fourth-order valence-corrected chi connectivity index (χ4v) is 1.54. The predicted molar refractivity (Wildman–Crippen MR) is 65.8 cm³/mol. The molecule has 0 aliphatic heterocycles. The van der Waals surface area contributed by atoms with E-state index in [1.165, 1.54) is 0 Å². The van der Waals surface area contributed by atoms with Crippen LogP contribution in [-0.2, 0) is 6.61 Å². The van der Waals surface area contributed by atoms with Crippen LogP contribution >= 0.6 is 0 Å². The van der Waals surface area contributed by atoms with Crippen molar-refractivity contribution in [1.82, 2.24) is 4.90 Å². The molecule has 0 amide bonds. The molecule has 1 rings (SSSR count). The Bertz CT molecular complexity index is 324. The summed E-state index contributed by atoms with van der Waals surface area (Å²) in [5.41, 5.74) is 2.01. The molecule has 0 unspecified atom stereocenters. The van der Waals surface area contributed by atoms with Gasteiger partial charge in [-0.3, -0.25) is 0 Å². The van der Waals surface area contributed by atoms with Gasteiger partial charge >= 0.3 is 0 Å². The largest absolute Gasteiger partial charge is 0.493 e. The Morgan fingerprint density at radius 2 is 2.06 bits per heavy atom. The van der Waals surface area contributed by atoms with Crippen molar-refractivity contribution in [2.24, 2.45) is 0 Å². The van der Waals surface area contributed by atoms with Crippen LogP contribution in [0.5, 0.6) is 5.75 Å². The van der Waals surface area contributed by atoms with E-state index in [2.05, 4.69) is 4.90 Å². The number of nitrogens with zero attached hydrogens (tertiary/aromatic N) is 1. The lowest BCUT2D eigenvalue weighted by molar-refractivity contribution is 0.253. The first-order chi connectivity index (χ1) is 7.63. The van der Waals surface area contributed by atoms with Crippen LogP contribution < -0.4 is 4.74 Å². The summed E-state index contributed by atoms with van der Waals surface area (Å²) in [6.45, 7) is 3.74. The zero-order chi connectivity index (χ0) is 12.0. The van der Waals surface area contributed by atoms with Crippen molar-refractivity contribution >= 4 is 0 Å². The van der Waals surface area contributed by atoms with Gasteiger partial charge in [0.05, 0.1) is 13.2 Å². The minimum Gasteiger partial charge on any atom is -0.493 e. The van der Waals surface area contributed by atoms with Gasteiger partial charge in [-0.1, -0.05) is 17.7 Å². The van der Waals surface area contributed by atoms with Gasteiger partial charge in [0, 0.05) is 12.1 Å². The second-order valence-corrected chi connectivity index (χ2v) is 4.27. The summed E-state index contributed by atoms with van der Waals surface area (Å²) >= 11 is 0. The molecule has 1 N–H and O–H groups in total. The Labute approximate surface area is 97.7 Å². The monoisotopic (exact) mass is 223 g/mol. The molecule has 0 atom stereocenters. The van der Waals surface area contributed by atoms with Crippen LogP contribution in [0.2, 0.25) is 0 Å². The summed E-state index contributed by atoms with van der Waals surface area (Å²) in [5, 5.41) is 9.20. The third-order valence-corrected chi connectivity index (χ3v) is 2.39. The highest BCUT2D eigenvalue weighted by atomic mass is 16.5. The van der Waals surface area contributed by atoms with Crippen molar-refractivity contribution in [1.29, 1.82) is 0 Å². The van der Waals surface area contributed by atoms with Gasteiger partial charge in [0.15, 0.2) is 0 Å². The van der Waals surface area contributed by atoms with Crippen LogP contribution in [0.1, 0.15) is 17.5 Å². The minimum absolute atomic E-state index is 0.0324. The maximum atomic E-state index is 9.20. The first-order valence-corrected chi connectivity index (χ1v) is 5.61. The summed E-state index contributed by atoms with van der Waals surface area (Å²) in [6, 6.07) is 5.89. The average Bonchev–Trinajstić information content (AvgIpc) is 2.25. The number of rotatable bonds is 6. The molecule has 0 aliphatic carbocycles. The molecule has 1 aromatic carbocycles. The van der Waals surface area contributed by atoms with Crippen molar-refractivity contribution < 1.29 is 9.84 Å². The Balaban J connectivity index is 2.47. The lowest BCUT2D eigenvalue weighted by Gasteiger charge is -2.12. The van der Waals surface area contributed by atoms with Crippen LogP contribution in [0, 0.1) is 6.92 Å². The fourth-order valence-electron chi connectivity index (χ4n) is 1.54. The van der Waals surface area contributed by atoms with E-state index >= 15 is 0 Å². The normalized spacial score (nSPS) is 10.8. The zero-order valence-electron chi connectivity index (χ0n) is 10.4. The highest BCUT2D eigenvalue weighted by molar-refractivity contribution is 5.36. The third kappa shape index (κ3) is 4.21. The molecule has 0 fully saturated rings. The van der Waals surface area contributed by atoms with Gasteiger partial charge in [-0.2, -0.15) is 0 Å². The number of aliphatic hydroxyl groups excluding tert-OH is 1. The molecule has 0 heterocycles. The van der Waals surface area contributed by atoms with Crippen LogP contribution in [0.4, 0.5) is 0 Å². The molecule has 0 radical (unpaired) electrons. The van der Waals surface area contributed by atoms with Crippen molar-refractivity contribution in [3.8, 4) is 5.75 Å². The molecule has 0 spiro atoms. The molecule has 0 bridgehead atoms. The maximum Gasteiger partial charge on any atom is 0.124 e. The Morgan fingerprint density at radius 1 is 1.31 bits per heavy atom. The number of benzene rings is 1. The first-order valence-electron chi connectivity index (χ1n) is 5.61. The van der Waals surface area contributed by atoms with Crippen LogP contribution in [0.25, 0.3) is 0 Å². The van der Waals surface area contributed by atoms with E-state index in [9.17, 15) is 5.11 Å². The summed E-state index contributed by atoms with van der Waals surface area (Å²) in [5.74, 6) is 0.798. The number of hydrogen-bond donors (Lipinski definition) is 1. The molecule has 0 saturated heterocycles. The predicted octanol–water partition coefficient (Wildman–Crippen LogP) is 1.82. The Morgan fingerprint density at radius 3 is 2.69 bits per heavy atom. The highest BCUT2D eigenvalue weighted by Gasteiger charge is 2.02. The van der Waals surface area contributed by atoms with E-state index in [4.69, 9.17) is 4.74 Å². The number of aryl methyl sites for hydroxylation is 1. The van der Waals surface area contributed by atoms with E-state index in [1.54, 1.807) is 0 Å². The van der Waals surface area contributed by atoms with Crippen LogP contribution in [0.15, 0.2) is 18.2 Å². The summed E-state index contributed by atoms with van der Waals surface area (Å²) in [4.78, 5) is 2.13. The van der Waals surface area contributed by atoms with Gasteiger partial charge in [0.25, 0.3) is 0 Å². The molecule has 16 heavy (non-hydrogen) atoms. The van der Waals surface area contributed by atoms with Crippen molar-refractivity contribution in [2.75, 3.05) is 27.2 Å². The van der Waals surface area contributed by atoms with E-state index in [-0.39, 0.29) is 6.61 Å². The van der Waals surface area contributed by atoms with E-state index in [1.807, 2.05) is 39.2 Å². The van der Waals surface area contributed by atoms with Gasteiger partial charge in [-0.25, -0.2) is 0 Å². The summed E-state index contributed by atoms with van der Waals surface area (Å²) < 4.78 is 5.65. The number of ether oxygens (including phenoxy) is 1. The zero-order valence-corrected chi connectivity index (χ0v) is 10.4. The second-order valence-electron chi connectivity index (χ2n) is 4.27. The van der Waals surface area contributed by atoms with Gasteiger partial charge in [-0.15, -0.1) is 0 Å². The lowest BCUT2D eigenvalue weighted by atomic mass is 10.1.